The highest BCUT2D eigenvalue weighted by Crippen LogP contribution is 2.34. The largest absolute Gasteiger partial charge is 0.497 e. The molecule has 0 bridgehead atoms. The number of para-hydroxylation sites is 1. The van der Waals surface area contributed by atoms with E-state index in [2.05, 4.69) is 4.98 Å². The average molecular weight is 421 g/mol. The number of pyridine rings is 1. The summed E-state index contributed by atoms with van der Waals surface area (Å²) in [6.07, 6.45) is 0. The number of halogens is 1. The molecule has 0 amide bonds. The van der Waals surface area contributed by atoms with Crippen molar-refractivity contribution in [1.82, 2.24) is 4.98 Å². The van der Waals surface area contributed by atoms with Gasteiger partial charge in [-0.25, -0.2) is 4.98 Å². The van der Waals surface area contributed by atoms with E-state index in [4.69, 9.17) is 21.1 Å². The maximum atomic E-state index is 11.2. The molecule has 0 aliphatic rings. The molecule has 0 aliphatic heterocycles. The molecule has 6 nitrogen and oxygen atoms in total. The van der Waals surface area contributed by atoms with Crippen LogP contribution in [-0.2, 0) is 6.61 Å². The Balaban J connectivity index is 1.66. The van der Waals surface area contributed by atoms with Gasteiger partial charge in [-0.15, -0.1) is 0 Å². The second kappa shape index (κ2) is 8.39. The molecule has 0 unspecified atom stereocenters. The zero-order valence-corrected chi connectivity index (χ0v) is 16.8. The van der Waals surface area contributed by atoms with Crippen molar-refractivity contribution in [2.24, 2.45) is 0 Å². The molecule has 0 aliphatic carbocycles. The zero-order valence-electron chi connectivity index (χ0n) is 16.0. The first-order chi connectivity index (χ1) is 14.5. The molecule has 0 saturated heterocycles. The fourth-order valence-electron chi connectivity index (χ4n) is 3.15. The second-order valence-corrected chi connectivity index (χ2v) is 6.95. The molecule has 30 heavy (non-hydrogen) atoms. The number of aromatic nitrogens is 1. The number of hydrogen-bond donors (Lipinski definition) is 0. The first kappa shape index (κ1) is 19.7. The molecule has 0 atom stereocenters. The molecule has 1 heterocycles. The van der Waals surface area contributed by atoms with E-state index in [0.29, 0.717) is 23.3 Å². The van der Waals surface area contributed by atoms with Crippen LogP contribution in [0.2, 0.25) is 5.15 Å². The molecule has 150 valence electrons. The summed E-state index contributed by atoms with van der Waals surface area (Å²) in [6.45, 7) is 0.400. The lowest BCUT2D eigenvalue weighted by Crippen LogP contribution is -1.97. The summed E-state index contributed by atoms with van der Waals surface area (Å²) in [4.78, 5) is 14.8. The third-order valence-electron chi connectivity index (χ3n) is 4.70. The van der Waals surface area contributed by atoms with E-state index in [0.717, 1.165) is 22.4 Å². The van der Waals surface area contributed by atoms with E-state index in [1.807, 2.05) is 60.7 Å². The fourth-order valence-corrected chi connectivity index (χ4v) is 3.37. The van der Waals surface area contributed by atoms with Crippen molar-refractivity contribution in [3.8, 4) is 22.6 Å². The molecular weight excluding hydrogens is 404 g/mol. The van der Waals surface area contributed by atoms with Gasteiger partial charge in [-0.1, -0.05) is 48.0 Å². The van der Waals surface area contributed by atoms with Crippen molar-refractivity contribution in [3.63, 3.8) is 0 Å². The summed E-state index contributed by atoms with van der Waals surface area (Å²) in [5.41, 5.74) is 3.13. The summed E-state index contributed by atoms with van der Waals surface area (Å²) in [7, 11) is 1.63. The van der Waals surface area contributed by atoms with E-state index in [1.165, 1.54) is 6.07 Å². The van der Waals surface area contributed by atoms with Crippen molar-refractivity contribution in [3.05, 3.63) is 93.6 Å². The molecule has 3 aromatic carbocycles. The molecule has 0 spiro atoms. The Hall–Kier alpha value is -3.64. The van der Waals surface area contributed by atoms with Gasteiger partial charge in [0.1, 0.15) is 18.1 Å². The number of benzene rings is 3. The van der Waals surface area contributed by atoms with Crippen LogP contribution in [0.15, 0.2) is 72.8 Å². The standard InChI is InChI=1S/C23H17ClN2O4/c1-29-18-9-6-15(7-10-18)14-30-22-5-3-2-4-19(22)16-8-11-20-17(12-16)13-21(26(27)28)23(24)25-20/h2-13H,14H2,1H3. The van der Waals surface area contributed by atoms with Gasteiger partial charge in [0.15, 0.2) is 0 Å². The van der Waals surface area contributed by atoms with E-state index >= 15 is 0 Å². The van der Waals surface area contributed by atoms with Crippen molar-refractivity contribution >= 4 is 28.2 Å². The van der Waals surface area contributed by atoms with Gasteiger partial charge in [0.05, 0.1) is 17.5 Å². The Morgan fingerprint density at radius 1 is 1.03 bits per heavy atom. The highest BCUT2D eigenvalue weighted by Gasteiger charge is 2.16. The summed E-state index contributed by atoms with van der Waals surface area (Å²) in [5.74, 6) is 1.50. The topological polar surface area (TPSA) is 74.5 Å². The predicted molar refractivity (Wildman–Crippen MR) is 116 cm³/mol. The quantitative estimate of drug-likeness (QED) is 0.215. The van der Waals surface area contributed by atoms with Crippen LogP contribution in [0.4, 0.5) is 5.69 Å². The van der Waals surface area contributed by atoms with Gasteiger partial charge in [-0.05, 0) is 41.5 Å². The molecular formula is C23H17ClN2O4. The maximum Gasteiger partial charge on any atom is 0.307 e. The first-order valence-corrected chi connectivity index (χ1v) is 9.53. The lowest BCUT2D eigenvalue weighted by Gasteiger charge is -2.13. The van der Waals surface area contributed by atoms with Gasteiger partial charge in [0, 0.05) is 17.0 Å². The molecule has 0 fully saturated rings. The second-order valence-electron chi connectivity index (χ2n) is 6.60. The van der Waals surface area contributed by atoms with Gasteiger partial charge in [-0.3, -0.25) is 10.1 Å². The number of methoxy groups -OCH3 is 1. The average Bonchev–Trinajstić information content (AvgIpc) is 2.77. The van der Waals surface area contributed by atoms with Crippen LogP contribution in [0.3, 0.4) is 0 Å². The lowest BCUT2D eigenvalue weighted by molar-refractivity contribution is -0.384. The molecule has 7 heteroatoms. The van der Waals surface area contributed by atoms with E-state index in [1.54, 1.807) is 13.2 Å². The fraction of sp³-hybridized carbons (Fsp3) is 0.0870. The molecule has 0 N–H and O–H groups in total. The van der Waals surface area contributed by atoms with Crippen LogP contribution in [0, 0.1) is 10.1 Å². The Morgan fingerprint density at radius 3 is 2.53 bits per heavy atom. The van der Waals surface area contributed by atoms with Crippen molar-refractivity contribution in [1.29, 1.82) is 0 Å². The van der Waals surface area contributed by atoms with E-state index in [9.17, 15) is 10.1 Å². The summed E-state index contributed by atoms with van der Waals surface area (Å²) in [5, 5.41) is 11.7. The third-order valence-corrected chi connectivity index (χ3v) is 4.98. The number of rotatable bonds is 6. The predicted octanol–water partition coefficient (Wildman–Crippen LogP) is 6.05. The van der Waals surface area contributed by atoms with Gasteiger partial charge in [0.2, 0.25) is 5.15 Å². The van der Waals surface area contributed by atoms with E-state index < -0.39 is 4.92 Å². The van der Waals surface area contributed by atoms with Crippen molar-refractivity contribution in [2.75, 3.05) is 7.11 Å². The van der Waals surface area contributed by atoms with Crippen molar-refractivity contribution in [2.45, 2.75) is 6.61 Å². The minimum atomic E-state index is -0.534. The summed E-state index contributed by atoms with van der Waals surface area (Å²) >= 11 is 5.92. The van der Waals surface area contributed by atoms with Crippen LogP contribution in [-0.4, -0.2) is 17.0 Å². The highest BCUT2D eigenvalue weighted by molar-refractivity contribution is 6.31. The molecule has 0 radical (unpaired) electrons. The van der Waals surface area contributed by atoms with Crippen LogP contribution in [0.1, 0.15) is 5.56 Å². The molecule has 0 saturated carbocycles. The zero-order chi connectivity index (χ0) is 21.1. The van der Waals surface area contributed by atoms with Crippen LogP contribution >= 0.6 is 11.6 Å². The van der Waals surface area contributed by atoms with Gasteiger partial charge in [-0.2, -0.15) is 0 Å². The first-order valence-electron chi connectivity index (χ1n) is 9.15. The minimum absolute atomic E-state index is 0.122. The highest BCUT2D eigenvalue weighted by atomic mass is 35.5. The molecule has 4 aromatic rings. The number of nitro groups is 1. The Kier molecular flexibility index (Phi) is 5.50. The number of ether oxygens (including phenoxy) is 2. The smallest absolute Gasteiger partial charge is 0.307 e. The van der Waals surface area contributed by atoms with Gasteiger partial charge < -0.3 is 9.47 Å². The normalized spacial score (nSPS) is 10.7. The minimum Gasteiger partial charge on any atom is -0.497 e. The third kappa shape index (κ3) is 4.04. The number of fused-ring (bicyclic) bond motifs is 1. The van der Waals surface area contributed by atoms with Crippen LogP contribution < -0.4 is 9.47 Å². The SMILES string of the molecule is COc1ccc(COc2ccccc2-c2ccc3nc(Cl)c([N+](=O)[O-])cc3c2)cc1. The van der Waals surface area contributed by atoms with Crippen LogP contribution in [0.25, 0.3) is 22.0 Å². The van der Waals surface area contributed by atoms with E-state index in [-0.39, 0.29) is 10.8 Å². The Labute approximate surface area is 177 Å². The Bertz CT molecular complexity index is 1230. The van der Waals surface area contributed by atoms with Crippen LogP contribution in [0.5, 0.6) is 11.5 Å². The van der Waals surface area contributed by atoms with Crippen molar-refractivity contribution < 1.29 is 14.4 Å². The van der Waals surface area contributed by atoms with Gasteiger partial charge in [0.25, 0.3) is 0 Å². The molecule has 4 rings (SSSR count). The molecule has 1 aromatic heterocycles. The Morgan fingerprint density at radius 2 is 1.80 bits per heavy atom. The number of hydrogen-bond acceptors (Lipinski definition) is 5. The number of nitrogens with zero attached hydrogens (tertiary/aromatic N) is 2. The van der Waals surface area contributed by atoms with Gasteiger partial charge >= 0.3 is 5.69 Å². The lowest BCUT2D eigenvalue weighted by atomic mass is 10.0. The summed E-state index contributed by atoms with van der Waals surface area (Å²) < 4.78 is 11.2. The summed E-state index contributed by atoms with van der Waals surface area (Å²) in [6, 6.07) is 22.3. The monoisotopic (exact) mass is 420 g/mol. The maximum absolute atomic E-state index is 11.2.